The van der Waals surface area contributed by atoms with E-state index in [-0.39, 0.29) is 18.5 Å². The molecule has 1 saturated heterocycles. The summed E-state index contributed by atoms with van der Waals surface area (Å²) in [7, 11) is 0. The molecule has 1 heterocycles. The molecule has 2 atom stereocenters. The Morgan fingerprint density at radius 1 is 1.64 bits per heavy atom. The molecule has 5 heteroatoms. The SMILES string of the molecule is CC1CNC[C@@H](C(=O)O)O1.Cl. The van der Waals surface area contributed by atoms with E-state index < -0.39 is 12.1 Å². The number of halogens is 1. The van der Waals surface area contributed by atoms with Gasteiger partial charge in [-0.2, -0.15) is 0 Å². The van der Waals surface area contributed by atoms with Gasteiger partial charge in [-0.05, 0) is 6.92 Å². The van der Waals surface area contributed by atoms with Crippen LogP contribution in [-0.4, -0.2) is 36.4 Å². The van der Waals surface area contributed by atoms with E-state index in [1.807, 2.05) is 6.92 Å². The third-order valence-corrected chi connectivity index (χ3v) is 1.43. The van der Waals surface area contributed by atoms with Crippen molar-refractivity contribution in [2.45, 2.75) is 19.1 Å². The van der Waals surface area contributed by atoms with Crippen molar-refractivity contribution in [1.82, 2.24) is 5.32 Å². The number of aliphatic carboxylic acids is 1. The number of carboxylic acids is 1. The minimum absolute atomic E-state index is 0. The minimum Gasteiger partial charge on any atom is -0.479 e. The van der Waals surface area contributed by atoms with Crippen molar-refractivity contribution in [3.63, 3.8) is 0 Å². The van der Waals surface area contributed by atoms with Gasteiger partial charge in [-0.25, -0.2) is 4.79 Å². The molecule has 4 nitrogen and oxygen atoms in total. The van der Waals surface area contributed by atoms with E-state index in [9.17, 15) is 4.79 Å². The van der Waals surface area contributed by atoms with Crippen molar-refractivity contribution < 1.29 is 14.6 Å². The second-order valence-corrected chi connectivity index (χ2v) is 2.43. The van der Waals surface area contributed by atoms with Crippen molar-refractivity contribution in [2.24, 2.45) is 0 Å². The topological polar surface area (TPSA) is 58.6 Å². The summed E-state index contributed by atoms with van der Waals surface area (Å²) in [6, 6.07) is 0. The fourth-order valence-electron chi connectivity index (χ4n) is 0.940. The Bertz CT molecular complexity index is 142. The van der Waals surface area contributed by atoms with Crippen LogP contribution in [-0.2, 0) is 9.53 Å². The molecule has 0 aromatic rings. The highest BCUT2D eigenvalue weighted by Crippen LogP contribution is 2.02. The van der Waals surface area contributed by atoms with Crippen LogP contribution in [0.25, 0.3) is 0 Å². The van der Waals surface area contributed by atoms with Gasteiger partial charge in [0.1, 0.15) is 0 Å². The van der Waals surface area contributed by atoms with Gasteiger partial charge in [0, 0.05) is 13.1 Å². The first-order chi connectivity index (χ1) is 4.70. The molecule has 0 radical (unpaired) electrons. The predicted molar refractivity (Wildman–Crippen MR) is 42.1 cm³/mol. The summed E-state index contributed by atoms with van der Waals surface area (Å²) >= 11 is 0. The zero-order valence-electron chi connectivity index (χ0n) is 6.24. The van der Waals surface area contributed by atoms with Crippen LogP contribution in [0.15, 0.2) is 0 Å². The summed E-state index contributed by atoms with van der Waals surface area (Å²) in [5.74, 6) is -0.890. The standard InChI is InChI=1S/C6H11NO3.ClH/c1-4-2-7-3-5(10-4)6(8)9;/h4-5,7H,2-3H2,1H3,(H,8,9);1H/t4?,5-;/m0./s1. The molecule has 1 aliphatic heterocycles. The molecule has 0 aliphatic carbocycles. The maximum atomic E-state index is 10.3. The van der Waals surface area contributed by atoms with Crippen LogP contribution >= 0.6 is 12.4 Å². The quantitative estimate of drug-likeness (QED) is 0.592. The van der Waals surface area contributed by atoms with Crippen LogP contribution in [0.1, 0.15) is 6.92 Å². The van der Waals surface area contributed by atoms with Gasteiger partial charge >= 0.3 is 5.97 Å². The van der Waals surface area contributed by atoms with Crippen molar-refractivity contribution in [3.8, 4) is 0 Å². The highest BCUT2D eigenvalue weighted by atomic mass is 35.5. The maximum absolute atomic E-state index is 10.3. The van der Waals surface area contributed by atoms with Gasteiger partial charge in [0.25, 0.3) is 0 Å². The average Bonchev–Trinajstić information content (AvgIpc) is 1.88. The largest absolute Gasteiger partial charge is 0.479 e. The lowest BCUT2D eigenvalue weighted by Crippen LogP contribution is -2.46. The van der Waals surface area contributed by atoms with E-state index in [0.29, 0.717) is 6.54 Å². The van der Waals surface area contributed by atoms with Crippen LogP contribution in [0.3, 0.4) is 0 Å². The number of morpholine rings is 1. The summed E-state index contributed by atoms with van der Waals surface area (Å²) < 4.78 is 5.09. The van der Waals surface area contributed by atoms with Crippen LogP contribution in [0, 0.1) is 0 Å². The Morgan fingerprint density at radius 3 is 2.64 bits per heavy atom. The molecular weight excluding hydrogens is 170 g/mol. The summed E-state index contributed by atoms with van der Waals surface area (Å²) in [6.07, 6.45) is -0.654. The monoisotopic (exact) mass is 181 g/mol. The van der Waals surface area contributed by atoms with Gasteiger partial charge in [-0.1, -0.05) is 0 Å². The van der Waals surface area contributed by atoms with E-state index in [1.165, 1.54) is 0 Å². The Hall–Kier alpha value is -0.320. The molecule has 0 amide bonds. The zero-order chi connectivity index (χ0) is 7.56. The first-order valence-corrected chi connectivity index (χ1v) is 3.29. The number of carbonyl (C=O) groups is 1. The molecule has 1 aliphatic rings. The number of carboxylic acid groups (broad SMARTS) is 1. The van der Waals surface area contributed by atoms with Gasteiger partial charge in [-0.3, -0.25) is 0 Å². The highest BCUT2D eigenvalue weighted by Gasteiger charge is 2.24. The smallest absolute Gasteiger partial charge is 0.334 e. The van der Waals surface area contributed by atoms with Crippen molar-refractivity contribution >= 4 is 18.4 Å². The third kappa shape index (κ3) is 3.05. The van der Waals surface area contributed by atoms with E-state index in [1.54, 1.807) is 0 Å². The summed E-state index contributed by atoms with van der Waals surface area (Å²) in [5.41, 5.74) is 0. The Morgan fingerprint density at radius 2 is 2.27 bits per heavy atom. The van der Waals surface area contributed by atoms with Gasteiger partial charge in [0.05, 0.1) is 6.10 Å². The average molecular weight is 182 g/mol. The van der Waals surface area contributed by atoms with Crippen LogP contribution < -0.4 is 5.32 Å². The predicted octanol–water partition coefficient (Wildman–Crippen LogP) is -0.130. The van der Waals surface area contributed by atoms with E-state index in [2.05, 4.69) is 5.32 Å². The van der Waals surface area contributed by atoms with Crippen LogP contribution in [0.5, 0.6) is 0 Å². The molecule has 1 rings (SSSR count). The summed E-state index contributed by atoms with van der Waals surface area (Å²) in [6.45, 7) is 3.01. The molecule has 11 heavy (non-hydrogen) atoms. The van der Waals surface area contributed by atoms with Crippen LogP contribution in [0.4, 0.5) is 0 Å². The second kappa shape index (κ2) is 4.54. The lowest BCUT2D eigenvalue weighted by Gasteiger charge is -2.25. The first kappa shape index (κ1) is 10.7. The lowest BCUT2D eigenvalue weighted by molar-refractivity contribution is -0.156. The molecule has 66 valence electrons. The number of nitrogens with one attached hydrogen (secondary N) is 1. The van der Waals surface area contributed by atoms with Crippen LogP contribution in [0.2, 0.25) is 0 Å². The van der Waals surface area contributed by atoms with Crippen molar-refractivity contribution in [3.05, 3.63) is 0 Å². The Labute approximate surface area is 71.3 Å². The maximum Gasteiger partial charge on any atom is 0.334 e. The number of hydrogen-bond donors (Lipinski definition) is 2. The van der Waals surface area contributed by atoms with Gasteiger partial charge in [0.15, 0.2) is 6.10 Å². The van der Waals surface area contributed by atoms with Gasteiger partial charge < -0.3 is 15.2 Å². The molecule has 1 unspecified atom stereocenters. The molecule has 0 bridgehead atoms. The fraction of sp³-hybridized carbons (Fsp3) is 0.833. The summed E-state index contributed by atoms with van der Waals surface area (Å²) in [5, 5.41) is 11.5. The normalized spacial score (nSPS) is 30.6. The van der Waals surface area contributed by atoms with Crippen molar-refractivity contribution in [1.29, 1.82) is 0 Å². The molecule has 0 aromatic carbocycles. The lowest BCUT2D eigenvalue weighted by atomic mass is 10.2. The molecule has 0 spiro atoms. The molecule has 0 aromatic heterocycles. The Balaban J connectivity index is 0.000001000. The van der Waals surface area contributed by atoms with Crippen molar-refractivity contribution in [2.75, 3.05) is 13.1 Å². The minimum atomic E-state index is -0.890. The molecule has 1 fully saturated rings. The number of ether oxygens (including phenoxy) is 1. The number of hydrogen-bond acceptors (Lipinski definition) is 3. The molecule has 0 saturated carbocycles. The third-order valence-electron chi connectivity index (χ3n) is 1.43. The van der Waals surface area contributed by atoms with Gasteiger partial charge in [-0.15, -0.1) is 12.4 Å². The second-order valence-electron chi connectivity index (χ2n) is 2.43. The van der Waals surface area contributed by atoms with Gasteiger partial charge in [0.2, 0.25) is 0 Å². The van der Waals surface area contributed by atoms with E-state index in [0.717, 1.165) is 6.54 Å². The first-order valence-electron chi connectivity index (χ1n) is 3.29. The molecule has 2 N–H and O–H groups in total. The van der Waals surface area contributed by atoms with E-state index >= 15 is 0 Å². The fourth-order valence-corrected chi connectivity index (χ4v) is 0.940. The Kier molecular flexibility index (Phi) is 4.40. The zero-order valence-corrected chi connectivity index (χ0v) is 7.06. The number of rotatable bonds is 1. The highest BCUT2D eigenvalue weighted by molar-refractivity contribution is 5.85. The van der Waals surface area contributed by atoms with E-state index in [4.69, 9.17) is 9.84 Å². The molecular formula is C6H12ClNO3. The summed E-state index contributed by atoms with van der Waals surface area (Å²) in [4.78, 5) is 10.3.